The van der Waals surface area contributed by atoms with Gasteiger partial charge >= 0.3 is 0 Å². The second kappa shape index (κ2) is 28.1. The van der Waals surface area contributed by atoms with Crippen molar-refractivity contribution in [3.63, 3.8) is 0 Å². The molecule has 3 unspecified atom stereocenters. The third-order valence-corrected chi connectivity index (χ3v) is 15.3. The van der Waals surface area contributed by atoms with Gasteiger partial charge in [0, 0.05) is 5.41 Å². The molecule has 1 aliphatic heterocycles. The van der Waals surface area contributed by atoms with E-state index in [0.29, 0.717) is 5.92 Å². The lowest BCUT2D eigenvalue weighted by molar-refractivity contribution is 0.176. The lowest BCUT2D eigenvalue weighted by Gasteiger charge is -2.30. The zero-order chi connectivity index (χ0) is 54.0. The largest absolute Gasteiger partial charge is 0.485 e. The van der Waals surface area contributed by atoms with Crippen molar-refractivity contribution >= 4 is 0 Å². The van der Waals surface area contributed by atoms with Crippen LogP contribution in [-0.2, 0) is 36.5 Å². The topological polar surface area (TPSA) is 9.23 Å². The predicted molar refractivity (Wildman–Crippen MR) is 322 cm³/mol. The molecule has 0 spiro atoms. The van der Waals surface area contributed by atoms with Gasteiger partial charge in [0.25, 0.3) is 0 Å². The molecule has 0 radical (unpaired) electrons. The van der Waals surface area contributed by atoms with Gasteiger partial charge in [-0.3, -0.25) is 0 Å². The van der Waals surface area contributed by atoms with Gasteiger partial charge in [0.2, 0.25) is 0 Å². The zero-order valence-electron chi connectivity index (χ0n) is 49.3. The third kappa shape index (κ3) is 16.7. The van der Waals surface area contributed by atoms with Crippen molar-refractivity contribution in [2.75, 3.05) is 0 Å². The Morgan fingerprint density at radius 2 is 0.986 bits per heavy atom. The standard InChI is InChI=1S/C22H28.C18H20O.C11H16.C10H14.C9H12.C2H6/c1-14-8-9-18(17(4)10-14)22(7)13-21(5,6)19-11-15(2)16(3)12-20(19)22;1-12-5-8-16(14(3)10-12)17-9-7-15-6-4-13(2)11-18(15)19-17;1-4-10(3)11-7-5-9(2)6-8-11;1-3-9-5-7-10(4-2)8-6-9;1-3-9-6-4-5-8(2)7-9;1-2/h8-12H,13H2,1-7H3;4-6,8,10-11,17H,7,9H2,1-3H3;5-8,10H,4H2,1-3H3;5-8H,3-4H2,1-2H3;4-7H,3H2,1-2H3;1-2H3. The SMILES string of the molecule is CC.CCC(C)c1ccc(C)cc1.CCc1ccc(CC)cc1.CCc1cccc(C)c1.Cc1ccc(C2(C)CC(C)(C)c3cc(C)c(C)cc32)c(C)c1.Cc1ccc(C2CCc3ccc(C)cc3O2)c(C)c1. The van der Waals surface area contributed by atoms with Crippen molar-refractivity contribution in [3.05, 3.63) is 240 Å². The fraction of sp³-hybridized carbons (Fsp3) is 0.417. The van der Waals surface area contributed by atoms with Gasteiger partial charge in [-0.2, -0.15) is 0 Å². The van der Waals surface area contributed by atoms with E-state index in [1.165, 1.54) is 113 Å². The van der Waals surface area contributed by atoms with Gasteiger partial charge in [0.15, 0.2) is 0 Å². The Kier molecular flexibility index (Phi) is 23.1. The van der Waals surface area contributed by atoms with Crippen LogP contribution in [0.5, 0.6) is 5.75 Å². The van der Waals surface area contributed by atoms with Crippen molar-refractivity contribution in [1.29, 1.82) is 0 Å². The fourth-order valence-electron chi connectivity index (χ4n) is 10.5. The van der Waals surface area contributed by atoms with Gasteiger partial charge in [-0.25, -0.2) is 0 Å². The predicted octanol–water partition coefficient (Wildman–Crippen LogP) is 20.5. The van der Waals surface area contributed by atoms with E-state index in [0.717, 1.165) is 37.9 Å². The summed E-state index contributed by atoms with van der Waals surface area (Å²) in [5.41, 5.74) is 25.5. The first-order valence-corrected chi connectivity index (χ1v) is 27.9. The van der Waals surface area contributed by atoms with Gasteiger partial charge in [-0.1, -0.05) is 225 Å². The smallest absolute Gasteiger partial charge is 0.124 e. The first kappa shape index (κ1) is 59.9. The highest BCUT2D eigenvalue weighted by Gasteiger charge is 2.46. The van der Waals surface area contributed by atoms with Crippen LogP contribution >= 0.6 is 0 Å². The quantitative estimate of drug-likeness (QED) is 0.155. The molecule has 0 saturated heterocycles. The highest BCUT2D eigenvalue weighted by molar-refractivity contribution is 5.56. The number of benzene rings is 7. The van der Waals surface area contributed by atoms with E-state index in [4.69, 9.17) is 4.74 Å². The second-order valence-electron chi connectivity index (χ2n) is 21.9. The third-order valence-electron chi connectivity index (χ3n) is 15.3. The number of hydrogen-bond donors (Lipinski definition) is 0. The number of ether oxygens (including phenoxy) is 1. The van der Waals surface area contributed by atoms with E-state index >= 15 is 0 Å². The molecule has 2 aliphatic rings. The summed E-state index contributed by atoms with van der Waals surface area (Å²) in [5, 5.41) is 0. The van der Waals surface area contributed by atoms with E-state index in [-0.39, 0.29) is 16.9 Å². The molecule has 0 fully saturated rings. The Bertz CT molecular complexity index is 2760. The minimum Gasteiger partial charge on any atom is -0.485 e. The van der Waals surface area contributed by atoms with E-state index in [2.05, 4.69) is 257 Å². The normalized spacial score (nSPS) is 16.0. The molecular weight excluding hydrogens is 881 g/mol. The molecule has 7 aromatic rings. The van der Waals surface area contributed by atoms with Gasteiger partial charge in [0.1, 0.15) is 11.9 Å². The molecule has 390 valence electrons. The number of rotatable bonds is 7. The van der Waals surface area contributed by atoms with E-state index in [1.54, 1.807) is 0 Å². The van der Waals surface area contributed by atoms with E-state index in [1.807, 2.05) is 13.8 Å². The number of hydrogen-bond acceptors (Lipinski definition) is 1. The molecule has 1 heterocycles. The minimum absolute atomic E-state index is 0.120. The van der Waals surface area contributed by atoms with Crippen molar-refractivity contribution in [1.82, 2.24) is 0 Å². The molecule has 3 atom stereocenters. The summed E-state index contributed by atoms with van der Waals surface area (Å²) < 4.78 is 6.22. The maximum Gasteiger partial charge on any atom is 0.124 e. The van der Waals surface area contributed by atoms with Gasteiger partial charge < -0.3 is 4.74 Å². The van der Waals surface area contributed by atoms with Gasteiger partial charge in [-0.05, 0) is 203 Å². The Labute approximate surface area is 447 Å². The first-order valence-electron chi connectivity index (χ1n) is 27.9. The molecule has 0 amide bonds. The van der Waals surface area contributed by atoms with Crippen LogP contribution in [0.25, 0.3) is 0 Å². The van der Waals surface area contributed by atoms with Crippen molar-refractivity contribution in [2.45, 2.75) is 199 Å². The van der Waals surface area contributed by atoms with Crippen LogP contribution in [0.3, 0.4) is 0 Å². The Morgan fingerprint density at radius 3 is 1.51 bits per heavy atom. The minimum atomic E-state index is 0.120. The first-order chi connectivity index (χ1) is 34.7. The summed E-state index contributed by atoms with van der Waals surface area (Å²) in [6.07, 6.45) is 8.21. The molecule has 0 saturated carbocycles. The van der Waals surface area contributed by atoms with Crippen molar-refractivity contribution < 1.29 is 4.74 Å². The zero-order valence-corrected chi connectivity index (χ0v) is 49.3. The summed E-state index contributed by atoms with van der Waals surface area (Å²) in [7, 11) is 0. The van der Waals surface area contributed by atoms with Crippen LogP contribution in [0.4, 0.5) is 0 Å². The van der Waals surface area contributed by atoms with Crippen LogP contribution in [0, 0.1) is 62.3 Å². The van der Waals surface area contributed by atoms with Crippen LogP contribution in [0.2, 0.25) is 0 Å². The average Bonchev–Trinajstić information content (AvgIpc) is 3.57. The fourth-order valence-corrected chi connectivity index (χ4v) is 10.5. The Hall–Kier alpha value is -5.66. The van der Waals surface area contributed by atoms with Gasteiger partial charge in [-0.15, -0.1) is 0 Å². The summed E-state index contributed by atoms with van der Waals surface area (Å²) in [4.78, 5) is 0. The summed E-state index contributed by atoms with van der Waals surface area (Å²) >= 11 is 0. The molecule has 9 rings (SSSR count). The maximum absolute atomic E-state index is 6.22. The lowest BCUT2D eigenvalue weighted by Crippen LogP contribution is -2.24. The summed E-state index contributed by atoms with van der Waals surface area (Å²) in [6.45, 7) is 41.9. The van der Waals surface area contributed by atoms with Crippen LogP contribution < -0.4 is 4.74 Å². The molecule has 7 aromatic carbocycles. The molecule has 0 N–H and O–H groups in total. The van der Waals surface area contributed by atoms with E-state index < -0.39 is 0 Å². The average molecular weight is 978 g/mol. The highest BCUT2D eigenvalue weighted by atomic mass is 16.5. The van der Waals surface area contributed by atoms with E-state index in [9.17, 15) is 0 Å². The van der Waals surface area contributed by atoms with Crippen LogP contribution in [0.1, 0.15) is 201 Å². The Balaban J connectivity index is 0.000000205. The molecule has 1 aliphatic carbocycles. The molecule has 1 nitrogen and oxygen atoms in total. The monoisotopic (exact) mass is 977 g/mol. The molecule has 1 heteroatoms. The lowest BCUT2D eigenvalue weighted by atomic mass is 9.73. The van der Waals surface area contributed by atoms with Crippen molar-refractivity contribution in [3.8, 4) is 5.75 Å². The number of fused-ring (bicyclic) bond motifs is 2. The summed E-state index contributed by atoms with van der Waals surface area (Å²) in [6, 6.07) is 51.2. The van der Waals surface area contributed by atoms with Gasteiger partial charge in [0.05, 0.1) is 0 Å². The molecule has 0 bridgehead atoms. The van der Waals surface area contributed by atoms with Crippen LogP contribution in [0.15, 0.2) is 140 Å². The Morgan fingerprint density at radius 1 is 0.479 bits per heavy atom. The van der Waals surface area contributed by atoms with Crippen LogP contribution in [-0.4, -0.2) is 0 Å². The highest BCUT2D eigenvalue weighted by Crippen LogP contribution is 2.54. The summed E-state index contributed by atoms with van der Waals surface area (Å²) in [5.74, 6) is 1.77. The second-order valence-corrected chi connectivity index (χ2v) is 21.9. The number of aryl methyl sites for hydroxylation is 13. The maximum atomic E-state index is 6.22. The molecule has 0 aromatic heterocycles. The molecule has 73 heavy (non-hydrogen) atoms. The molecular formula is C72H96O. The van der Waals surface area contributed by atoms with Crippen molar-refractivity contribution in [2.24, 2.45) is 0 Å².